The largest absolute Gasteiger partial charge is 0.524 e. The number of benzene rings is 1. The maximum absolute atomic E-state index is 13.0. The van der Waals surface area contributed by atoms with Crippen LogP contribution in [0.4, 0.5) is 13.2 Å². The lowest BCUT2D eigenvalue weighted by molar-refractivity contribution is -0.342. The van der Waals surface area contributed by atoms with Gasteiger partial charge in [-0.2, -0.15) is 0 Å². The van der Waals surface area contributed by atoms with Gasteiger partial charge in [-0.25, -0.2) is 0 Å². The van der Waals surface area contributed by atoms with Crippen LogP contribution in [0.1, 0.15) is 24.8 Å². The smallest absolute Gasteiger partial charge is 0.393 e. The molecule has 1 aromatic carbocycles. The summed E-state index contributed by atoms with van der Waals surface area (Å²) >= 11 is 6.29. The number of aliphatic hydroxyl groups is 1. The molecule has 0 spiro atoms. The minimum atomic E-state index is -4.96. The quantitative estimate of drug-likeness (QED) is 0.660. The van der Waals surface area contributed by atoms with Crippen molar-refractivity contribution in [1.29, 1.82) is 0 Å². The monoisotopic (exact) mass is 416 g/mol. The lowest BCUT2D eigenvalue weighted by atomic mass is 9.92. The van der Waals surface area contributed by atoms with Crippen LogP contribution >= 0.6 is 11.6 Å². The first-order valence-corrected chi connectivity index (χ1v) is 9.19. The molecule has 1 heterocycles. The maximum atomic E-state index is 13.0. The van der Waals surface area contributed by atoms with Gasteiger partial charge in [-0.15, -0.1) is 13.2 Å². The number of carbonyl (C=O) groups is 1. The summed E-state index contributed by atoms with van der Waals surface area (Å²) in [6.07, 6.45) is -2.24. The maximum Gasteiger partial charge on any atom is 0.524 e. The van der Waals surface area contributed by atoms with E-state index in [0.717, 1.165) is 0 Å². The Kier molecular flexibility index (Phi) is 6.14. The number of allylic oxidation sites excluding steroid dienone is 2. The van der Waals surface area contributed by atoms with Crippen LogP contribution in [0.2, 0.25) is 0 Å². The molecular formula is C19H20ClF3N2O3. The third-order valence-corrected chi connectivity index (χ3v) is 5.02. The van der Waals surface area contributed by atoms with Gasteiger partial charge in [0.15, 0.2) is 5.06 Å². The molecule has 2 aliphatic rings. The number of ether oxygens (including phenoxy) is 1. The van der Waals surface area contributed by atoms with E-state index in [1.54, 1.807) is 30.3 Å². The Balaban J connectivity index is 1.83. The van der Waals surface area contributed by atoms with E-state index in [9.17, 15) is 23.1 Å². The van der Waals surface area contributed by atoms with Crippen molar-refractivity contribution in [2.45, 2.75) is 42.8 Å². The summed E-state index contributed by atoms with van der Waals surface area (Å²) in [5, 5.41) is 13.1. The van der Waals surface area contributed by atoms with Crippen LogP contribution in [-0.2, 0) is 9.53 Å². The van der Waals surface area contributed by atoms with E-state index in [-0.39, 0.29) is 24.1 Å². The Hall–Kier alpha value is -1.87. The Labute approximate surface area is 165 Å². The normalized spacial score (nSPS) is 28.3. The molecule has 3 atom stereocenters. The van der Waals surface area contributed by atoms with Crippen LogP contribution in [-0.4, -0.2) is 41.1 Å². The van der Waals surface area contributed by atoms with Crippen molar-refractivity contribution in [3.05, 3.63) is 53.7 Å². The topological polar surface area (TPSA) is 70.6 Å². The number of piperidine rings is 1. The third kappa shape index (κ3) is 5.14. The van der Waals surface area contributed by atoms with Crippen molar-refractivity contribution in [3.8, 4) is 0 Å². The van der Waals surface area contributed by atoms with E-state index in [1.165, 1.54) is 12.2 Å². The molecule has 0 saturated carbocycles. The van der Waals surface area contributed by atoms with E-state index < -0.39 is 29.5 Å². The van der Waals surface area contributed by atoms with Gasteiger partial charge in [0.1, 0.15) is 0 Å². The highest BCUT2D eigenvalue weighted by molar-refractivity contribution is 6.29. The highest BCUT2D eigenvalue weighted by atomic mass is 35.5. The van der Waals surface area contributed by atoms with Crippen LogP contribution in [0, 0.1) is 0 Å². The standard InChI is InChI=1S/C19H20ClF3N2O3/c20-18(28-19(21,22)23)11-13(6-7-15(18)12-4-2-1-3-5-12)25-17(27)16-10-14(26)8-9-24-16/h1-7,14,16,24,26H,8-11H2,(H,25,27)/t14-,16+,18?/m0/s1. The Morgan fingerprint density at radius 2 is 2.00 bits per heavy atom. The summed E-state index contributed by atoms with van der Waals surface area (Å²) in [5.74, 6) is -0.437. The van der Waals surface area contributed by atoms with Gasteiger partial charge < -0.3 is 15.7 Å². The number of rotatable bonds is 4. The molecule has 3 rings (SSSR count). The molecule has 0 bridgehead atoms. The first kappa shape index (κ1) is 20.9. The number of aliphatic hydroxyl groups excluding tert-OH is 1. The van der Waals surface area contributed by atoms with Crippen LogP contribution < -0.4 is 10.6 Å². The van der Waals surface area contributed by atoms with Crippen molar-refractivity contribution in [2.75, 3.05) is 6.54 Å². The Bertz CT molecular complexity index is 782. The fourth-order valence-electron chi connectivity index (χ4n) is 3.34. The summed E-state index contributed by atoms with van der Waals surface area (Å²) in [6, 6.07) is 7.74. The molecule has 1 amide bonds. The molecule has 5 nitrogen and oxygen atoms in total. The average molecular weight is 417 g/mol. The SMILES string of the molecule is O=C(NC1=CC=C(c2ccccc2)C(Cl)(OC(F)(F)F)C1)[C@H]1C[C@@H](O)CCN1. The van der Waals surface area contributed by atoms with Crippen molar-refractivity contribution in [1.82, 2.24) is 10.6 Å². The van der Waals surface area contributed by atoms with Gasteiger partial charge in [-0.1, -0.05) is 48.0 Å². The Morgan fingerprint density at radius 1 is 1.29 bits per heavy atom. The molecule has 1 fully saturated rings. The molecular weight excluding hydrogens is 397 g/mol. The van der Waals surface area contributed by atoms with Gasteiger partial charge in [-0.05, 0) is 31.0 Å². The summed E-state index contributed by atoms with van der Waals surface area (Å²) in [7, 11) is 0. The van der Waals surface area contributed by atoms with Crippen LogP contribution in [0.5, 0.6) is 0 Å². The van der Waals surface area contributed by atoms with Crippen molar-refractivity contribution >= 4 is 23.1 Å². The molecule has 1 saturated heterocycles. The summed E-state index contributed by atoms with van der Waals surface area (Å²) in [6.45, 7) is 0.479. The fourth-order valence-corrected chi connectivity index (χ4v) is 3.74. The first-order chi connectivity index (χ1) is 13.2. The lowest BCUT2D eigenvalue weighted by Gasteiger charge is -2.34. The summed E-state index contributed by atoms with van der Waals surface area (Å²) in [5.41, 5.74) is 0.836. The fraction of sp³-hybridized carbons (Fsp3) is 0.421. The second-order valence-corrected chi connectivity index (χ2v) is 7.38. The number of nitrogens with one attached hydrogen (secondary N) is 2. The zero-order valence-corrected chi connectivity index (χ0v) is 15.6. The highest BCUT2D eigenvalue weighted by Crippen LogP contribution is 2.45. The molecule has 0 radical (unpaired) electrons. The number of halogens is 4. The zero-order chi connectivity index (χ0) is 20.4. The summed E-state index contributed by atoms with van der Waals surface area (Å²) in [4.78, 5) is 12.4. The van der Waals surface area contributed by atoms with Crippen molar-refractivity contribution < 1.29 is 27.8 Å². The van der Waals surface area contributed by atoms with Gasteiger partial charge >= 0.3 is 6.36 Å². The van der Waals surface area contributed by atoms with Crippen LogP contribution in [0.15, 0.2) is 48.2 Å². The number of hydrogen-bond donors (Lipinski definition) is 3. The van der Waals surface area contributed by atoms with Crippen molar-refractivity contribution in [3.63, 3.8) is 0 Å². The molecule has 3 N–H and O–H groups in total. The second kappa shape index (κ2) is 8.24. The van der Waals surface area contributed by atoms with E-state index in [4.69, 9.17) is 11.6 Å². The number of carbonyl (C=O) groups excluding carboxylic acids is 1. The third-order valence-electron chi connectivity index (χ3n) is 4.61. The van der Waals surface area contributed by atoms with E-state index in [1.807, 2.05) is 0 Å². The molecule has 1 aliphatic carbocycles. The zero-order valence-electron chi connectivity index (χ0n) is 14.8. The van der Waals surface area contributed by atoms with E-state index in [0.29, 0.717) is 18.5 Å². The second-order valence-electron chi connectivity index (χ2n) is 6.77. The number of hydrogen-bond acceptors (Lipinski definition) is 4. The Morgan fingerprint density at radius 3 is 2.64 bits per heavy atom. The van der Waals surface area contributed by atoms with E-state index in [2.05, 4.69) is 15.4 Å². The predicted octanol–water partition coefficient (Wildman–Crippen LogP) is 3.06. The highest BCUT2D eigenvalue weighted by Gasteiger charge is 2.47. The number of alkyl halides is 4. The lowest BCUT2D eigenvalue weighted by Crippen LogP contribution is -2.50. The van der Waals surface area contributed by atoms with Crippen LogP contribution in [0.3, 0.4) is 0 Å². The average Bonchev–Trinajstić information content (AvgIpc) is 2.60. The molecule has 152 valence electrons. The van der Waals surface area contributed by atoms with E-state index >= 15 is 0 Å². The van der Waals surface area contributed by atoms with Crippen molar-refractivity contribution in [2.24, 2.45) is 0 Å². The van der Waals surface area contributed by atoms with Gasteiger partial charge in [0.2, 0.25) is 5.91 Å². The minimum Gasteiger partial charge on any atom is -0.393 e. The molecule has 0 aromatic heterocycles. The van der Waals surface area contributed by atoms with Gasteiger partial charge in [0, 0.05) is 17.7 Å². The van der Waals surface area contributed by atoms with Gasteiger partial charge in [0.25, 0.3) is 0 Å². The van der Waals surface area contributed by atoms with Crippen LogP contribution in [0.25, 0.3) is 5.57 Å². The van der Waals surface area contributed by atoms with Gasteiger partial charge in [0.05, 0.1) is 12.1 Å². The minimum absolute atomic E-state index is 0.149. The molecule has 1 unspecified atom stereocenters. The predicted molar refractivity (Wildman–Crippen MR) is 98.0 cm³/mol. The molecule has 9 heteroatoms. The molecule has 1 aliphatic heterocycles. The summed E-state index contributed by atoms with van der Waals surface area (Å²) < 4.78 is 43.3. The molecule has 28 heavy (non-hydrogen) atoms. The molecule has 1 aromatic rings. The van der Waals surface area contributed by atoms with Gasteiger partial charge in [-0.3, -0.25) is 9.53 Å². The first-order valence-electron chi connectivity index (χ1n) is 8.81. The number of amides is 1.